The van der Waals surface area contributed by atoms with E-state index in [1.54, 1.807) is 0 Å². The minimum atomic E-state index is -4.76. The third-order valence-electron chi connectivity index (χ3n) is 4.75. The molecule has 2 rings (SSSR count). The van der Waals surface area contributed by atoms with E-state index in [0.717, 1.165) is 12.8 Å². The Balaban J connectivity index is 1.90. The predicted molar refractivity (Wildman–Crippen MR) is 93.4 cm³/mol. The number of carbonyl (C=O) groups excluding carboxylic acids is 1. The van der Waals surface area contributed by atoms with Gasteiger partial charge in [-0.05, 0) is 51.1 Å². The van der Waals surface area contributed by atoms with Gasteiger partial charge in [-0.2, -0.15) is 18.2 Å². The number of β-amino-alcohol motifs (C(OH)–C–C–N with tert-alkyl or cyclic N) is 1. The zero-order chi connectivity index (χ0) is 20.2. The molecule has 2 fully saturated rings. The van der Waals surface area contributed by atoms with E-state index in [4.69, 9.17) is 15.9 Å². The molecule has 7 nitrogen and oxygen atoms in total. The summed E-state index contributed by atoms with van der Waals surface area (Å²) in [5, 5.41) is 17.4. The number of rotatable bonds is 6. The molecule has 1 amide bonds. The summed E-state index contributed by atoms with van der Waals surface area (Å²) in [4.78, 5) is 17.1. The summed E-state index contributed by atoms with van der Waals surface area (Å²) in [7, 11) is 0. The topological polar surface area (TPSA) is 112 Å². The van der Waals surface area contributed by atoms with Crippen LogP contribution in [0.15, 0.2) is 17.1 Å². The Labute approximate surface area is 155 Å². The van der Waals surface area contributed by atoms with Gasteiger partial charge in [-0.3, -0.25) is 15.1 Å². The molecule has 0 aromatic heterocycles. The summed E-state index contributed by atoms with van der Waals surface area (Å²) in [6.07, 6.45) is -0.363. The molecule has 4 N–H and O–H groups in total. The number of halogens is 3. The first-order valence-corrected chi connectivity index (χ1v) is 8.82. The van der Waals surface area contributed by atoms with Crippen LogP contribution in [0.4, 0.5) is 13.2 Å². The monoisotopic (exact) mass is 390 g/mol. The van der Waals surface area contributed by atoms with Crippen molar-refractivity contribution in [2.75, 3.05) is 19.7 Å². The number of piperidine rings is 1. The molecule has 0 unspecified atom stereocenters. The lowest BCUT2D eigenvalue weighted by Gasteiger charge is -2.41. The van der Waals surface area contributed by atoms with Crippen LogP contribution in [0.3, 0.4) is 0 Å². The number of alkyl halides is 3. The zero-order valence-corrected chi connectivity index (χ0v) is 15.1. The molecule has 1 aliphatic heterocycles. The lowest BCUT2D eigenvalue weighted by Crippen LogP contribution is -2.59. The van der Waals surface area contributed by atoms with Gasteiger partial charge in [0.1, 0.15) is 5.84 Å². The van der Waals surface area contributed by atoms with Crippen LogP contribution in [-0.2, 0) is 9.53 Å². The number of nitrogens with zero attached hydrogens (tertiary/aromatic N) is 2. The van der Waals surface area contributed by atoms with Crippen LogP contribution in [0.2, 0.25) is 0 Å². The summed E-state index contributed by atoms with van der Waals surface area (Å²) in [5.41, 5.74) is 2.79. The Kier molecular flexibility index (Phi) is 6.63. The Morgan fingerprint density at radius 1 is 1.48 bits per heavy atom. The fourth-order valence-electron chi connectivity index (χ4n) is 2.75. The summed E-state index contributed by atoms with van der Waals surface area (Å²) in [6.45, 7) is 1.45. The van der Waals surface area contributed by atoms with Crippen LogP contribution in [0.1, 0.15) is 32.6 Å². The van der Waals surface area contributed by atoms with Crippen LogP contribution in [0, 0.1) is 11.3 Å². The second-order valence-corrected chi connectivity index (χ2v) is 7.11. The van der Waals surface area contributed by atoms with E-state index in [1.807, 2.05) is 0 Å². The molecule has 0 aromatic rings. The number of amidine groups is 1. The maximum absolute atomic E-state index is 13.0. The van der Waals surface area contributed by atoms with Crippen molar-refractivity contribution in [3.8, 4) is 0 Å². The summed E-state index contributed by atoms with van der Waals surface area (Å²) >= 11 is 0. The van der Waals surface area contributed by atoms with Gasteiger partial charge in [-0.15, -0.1) is 0 Å². The molecule has 1 saturated carbocycles. The van der Waals surface area contributed by atoms with Gasteiger partial charge in [0.05, 0.1) is 12.6 Å². The maximum Gasteiger partial charge on any atom is 0.418 e. The van der Waals surface area contributed by atoms with Crippen molar-refractivity contribution in [3.63, 3.8) is 0 Å². The molecular weight excluding hydrogens is 365 g/mol. The molecule has 152 valence electrons. The molecule has 0 bridgehead atoms. The number of nitrogens with one attached hydrogen (secondary N) is 1. The fraction of sp³-hybridized carbons (Fsp3) is 0.706. The molecular formula is C17H25F3N4O3. The van der Waals surface area contributed by atoms with Gasteiger partial charge in [0.25, 0.3) is 5.91 Å². The lowest BCUT2D eigenvalue weighted by molar-refractivity contribution is -0.275. The first-order chi connectivity index (χ1) is 12.5. The van der Waals surface area contributed by atoms with E-state index in [0.29, 0.717) is 12.5 Å². The van der Waals surface area contributed by atoms with Gasteiger partial charge < -0.3 is 15.6 Å². The minimum absolute atomic E-state index is 0.105. The van der Waals surface area contributed by atoms with E-state index in [9.17, 15) is 23.1 Å². The second-order valence-electron chi connectivity index (χ2n) is 7.11. The van der Waals surface area contributed by atoms with E-state index in [-0.39, 0.29) is 24.7 Å². The number of likely N-dealkylation sites (tertiary alicyclic amines) is 1. The average Bonchev–Trinajstić information content (AvgIpc) is 3.41. The summed E-state index contributed by atoms with van der Waals surface area (Å²) < 4.78 is 44.2. The van der Waals surface area contributed by atoms with Crippen molar-refractivity contribution < 1.29 is 27.8 Å². The van der Waals surface area contributed by atoms with Crippen molar-refractivity contribution in [2.24, 2.45) is 16.6 Å². The molecule has 0 aromatic carbocycles. The second kappa shape index (κ2) is 8.39. The Morgan fingerprint density at radius 2 is 2.15 bits per heavy atom. The normalized spacial score (nSPS) is 26.2. The van der Waals surface area contributed by atoms with E-state index < -0.39 is 36.7 Å². The first-order valence-electron chi connectivity index (χ1n) is 8.82. The van der Waals surface area contributed by atoms with Crippen molar-refractivity contribution in [2.45, 2.75) is 50.4 Å². The van der Waals surface area contributed by atoms with Crippen molar-refractivity contribution in [1.82, 2.24) is 4.90 Å². The van der Waals surface area contributed by atoms with Gasteiger partial charge in [0.15, 0.2) is 5.60 Å². The molecule has 0 radical (unpaired) electrons. The number of amides is 1. The molecule has 2 aliphatic rings. The largest absolute Gasteiger partial charge is 0.478 e. The quantitative estimate of drug-likeness (QED) is 0.471. The number of hydrogen-bond acceptors (Lipinski definition) is 5. The van der Waals surface area contributed by atoms with E-state index >= 15 is 0 Å². The van der Waals surface area contributed by atoms with Gasteiger partial charge in [0.2, 0.25) is 5.90 Å². The summed E-state index contributed by atoms with van der Waals surface area (Å²) in [6, 6.07) is -0.961. The third-order valence-corrected chi connectivity index (χ3v) is 4.75. The highest BCUT2D eigenvalue weighted by Crippen LogP contribution is 2.37. The van der Waals surface area contributed by atoms with Gasteiger partial charge >= 0.3 is 6.18 Å². The molecule has 27 heavy (non-hydrogen) atoms. The number of aliphatic imine (C=N–C) groups is 1. The molecule has 0 spiro atoms. The first kappa shape index (κ1) is 21.4. The molecule has 2 atom stereocenters. The molecule has 1 saturated heterocycles. The van der Waals surface area contributed by atoms with Crippen LogP contribution >= 0.6 is 0 Å². The Bertz CT molecular complexity index is 631. The molecule has 1 heterocycles. The number of nitrogens with two attached hydrogens (primary N) is 1. The smallest absolute Gasteiger partial charge is 0.418 e. The highest BCUT2D eigenvalue weighted by molar-refractivity contribution is 6.04. The van der Waals surface area contributed by atoms with Crippen LogP contribution in [0.25, 0.3) is 0 Å². The maximum atomic E-state index is 13.0. The van der Waals surface area contributed by atoms with Crippen molar-refractivity contribution in [3.05, 3.63) is 12.2 Å². The number of hydrogen-bond donors (Lipinski definition) is 3. The van der Waals surface area contributed by atoms with Gasteiger partial charge in [-0.25, -0.2) is 0 Å². The predicted octanol–water partition coefficient (Wildman–Crippen LogP) is 1.61. The molecule has 1 aliphatic carbocycles. The molecule has 10 heteroatoms. The van der Waals surface area contributed by atoms with Crippen LogP contribution < -0.4 is 5.73 Å². The Morgan fingerprint density at radius 3 is 2.74 bits per heavy atom. The van der Waals surface area contributed by atoms with Gasteiger partial charge in [0, 0.05) is 12.6 Å². The zero-order valence-electron chi connectivity index (χ0n) is 15.1. The van der Waals surface area contributed by atoms with Crippen LogP contribution in [-0.4, -0.2) is 65.2 Å². The van der Waals surface area contributed by atoms with Crippen LogP contribution in [0.5, 0.6) is 0 Å². The van der Waals surface area contributed by atoms with Crippen molar-refractivity contribution in [1.29, 1.82) is 5.41 Å². The standard InChI is InChI=1S/C17H25F3N4O3/c1-11(24-8-2-7-16(26,10-24)17(18,19)20)15(25)23-13(21)5-6-14(22)27-9-12-3-4-12/h5-6,11-12,22,26H,2-4,7-10H2,1H3,(H2,21,23,25)/b6-5-,22-14?/t11-,16+/m0/s1. The number of carbonyl (C=O) groups is 1. The Hall–Kier alpha value is -1.94. The number of aliphatic hydroxyl groups is 1. The van der Waals surface area contributed by atoms with Gasteiger partial charge in [-0.1, -0.05) is 0 Å². The average molecular weight is 390 g/mol. The minimum Gasteiger partial charge on any atom is -0.478 e. The number of ether oxygens (including phenoxy) is 1. The van der Waals surface area contributed by atoms with Crippen molar-refractivity contribution >= 4 is 17.6 Å². The SMILES string of the molecule is C[C@@H](C(=O)N=C(N)/C=C\C(=N)OCC1CC1)N1CCC[C@](O)(C(F)(F)F)C1. The summed E-state index contributed by atoms with van der Waals surface area (Å²) in [5.74, 6) is -0.498. The van der Waals surface area contributed by atoms with E-state index in [2.05, 4.69) is 4.99 Å². The lowest BCUT2D eigenvalue weighted by atomic mass is 9.91. The fourth-order valence-corrected chi connectivity index (χ4v) is 2.75. The highest BCUT2D eigenvalue weighted by atomic mass is 19.4. The third kappa shape index (κ3) is 6.03. The van der Waals surface area contributed by atoms with E-state index in [1.165, 1.54) is 24.0 Å². The highest BCUT2D eigenvalue weighted by Gasteiger charge is 2.55.